The summed E-state index contributed by atoms with van der Waals surface area (Å²) in [5, 5.41) is 13.8. The Bertz CT molecular complexity index is 355. The number of rotatable bonds is 5. The summed E-state index contributed by atoms with van der Waals surface area (Å²) in [6, 6.07) is 2.52. The SMILES string of the molecule is CC(C)n1ccc(CN(C)CC2CC(O)C2)n1. The number of aliphatic hydroxyl groups is 1. The van der Waals surface area contributed by atoms with Gasteiger partial charge in [0.05, 0.1) is 11.8 Å². The fourth-order valence-corrected chi connectivity index (χ4v) is 2.38. The van der Waals surface area contributed by atoms with Crippen LogP contribution >= 0.6 is 0 Å². The molecule has 96 valence electrons. The Labute approximate surface area is 103 Å². The molecule has 0 saturated heterocycles. The summed E-state index contributed by atoms with van der Waals surface area (Å²) in [5.41, 5.74) is 1.13. The molecule has 1 aliphatic rings. The molecule has 0 atom stereocenters. The zero-order valence-electron chi connectivity index (χ0n) is 11.0. The van der Waals surface area contributed by atoms with E-state index in [0.29, 0.717) is 12.0 Å². The van der Waals surface area contributed by atoms with Gasteiger partial charge in [-0.15, -0.1) is 0 Å². The molecule has 4 heteroatoms. The van der Waals surface area contributed by atoms with Crippen LogP contribution < -0.4 is 0 Å². The Hall–Kier alpha value is -0.870. The highest BCUT2D eigenvalue weighted by molar-refractivity contribution is 4.99. The van der Waals surface area contributed by atoms with Crippen LogP contribution in [0.2, 0.25) is 0 Å². The van der Waals surface area contributed by atoms with Gasteiger partial charge in [-0.05, 0) is 45.7 Å². The van der Waals surface area contributed by atoms with E-state index in [0.717, 1.165) is 31.6 Å². The summed E-state index contributed by atoms with van der Waals surface area (Å²) < 4.78 is 2.00. The monoisotopic (exact) mass is 237 g/mol. The normalized spacial score (nSPS) is 24.4. The van der Waals surface area contributed by atoms with E-state index in [1.807, 2.05) is 10.9 Å². The van der Waals surface area contributed by atoms with Crippen molar-refractivity contribution in [1.82, 2.24) is 14.7 Å². The van der Waals surface area contributed by atoms with E-state index in [-0.39, 0.29) is 6.10 Å². The Kier molecular flexibility index (Phi) is 3.84. The van der Waals surface area contributed by atoms with E-state index in [2.05, 4.69) is 37.0 Å². The average molecular weight is 237 g/mol. The molecule has 1 saturated carbocycles. The van der Waals surface area contributed by atoms with Crippen molar-refractivity contribution in [1.29, 1.82) is 0 Å². The first-order valence-corrected chi connectivity index (χ1v) is 6.45. The van der Waals surface area contributed by atoms with E-state index in [4.69, 9.17) is 0 Å². The Balaban J connectivity index is 1.79. The van der Waals surface area contributed by atoms with Crippen LogP contribution in [0.1, 0.15) is 38.4 Å². The molecule has 0 aliphatic heterocycles. The topological polar surface area (TPSA) is 41.3 Å². The highest BCUT2D eigenvalue weighted by Gasteiger charge is 2.27. The molecular formula is C13H23N3O. The highest BCUT2D eigenvalue weighted by Crippen LogP contribution is 2.27. The lowest BCUT2D eigenvalue weighted by Gasteiger charge is -2.34. The lowest BCUT2D eigenvalue weighted by molar-refractivity contribution is 0.0272. The van der Waals surface area contributed by atoms with Crippen LogP contribution in [-0.4, -0.2) is 39.5 Å². The second-order valence-electron chi connectivity index (χ2n) is 5.57. The molecule has 0 unspecified atom stereocenters. The fraction of sp³-hybridized carbons (Fsp3) is 0.769. The Morgan fingerprint density at radius 2 is 2.24 bits per heavy atom. The quantitative estimate of drug-likeness (QED) is 0.847. The fourth-order valence-electron chi connectivity index (χ4n) is 2.38. The van der Waals surface area contributed by atoms with Crippen molar-refractivity contribution in [3.05, 3.63) is 18.0 Å². The van der Waals surface area contributed by atoms with E-state index in [1.54, 1.807) is 0 Å². The van der Waals surface area contributed by atoms with Crippen molar-refractivity contribution < 1.29 is 5.11 Å². The van der Waals surface area contributed by atoms with Crippen molar-refractivity contribution in [2.24, 2.45) is 5.92 Å². The molecule has 0 bridgehead atoms. The van der Waals surface area contributed by atoms with Gasteiger partial charge in [-0.3, -0.25) is 4.68 Å². The zero-order chi connectivity index (χ0) is 12.4. The second kappa shape index (κ2) is 5.19. The molecule has 0 radical (unpaired) electrons. The molecule has 1 aromatic heterocycles. The molecule has 4 nitrogen and oxygen atoms in total. The van der Waals surface area contributed by atoms with E-state index in [9.17, 15) is 5.11 Å². The summed E-state index contributed by atoms with van der Waals surface area (Å²) in [4.78, 5) is 2.30. The first-order valence-electron chi connectivity index (χ1n) is 6.45. The molecule has 1 N–H and O–H groups in total. The number of aromatic nitrogens is 2. The van der Waals surface area contributed by atoms with Gasteiger partial charge in [-0.1, -0.05) is 0 Å². The van der Waals surface area contributed by atoms with Crippen LogP contribution in [0.4, 0.5) is 0 Å². The molecule has 1 heterocycles. The number of hydrogen-bond donors (Lipinski definition) is 1. The molecule has 0 spiro atoms. The predicted octanol–water partition coefficient (Wildman–Crippen LogP) is 1.67. The van der Waals surface area contributed by atoms with Gasteiger partial charge in [0.2, 0.25) is 0 Å². The van der Waals surface area contributed by atoms with E-state index in [1.165, 1.54) is 0 Å². The highest BCUT2D eigenvalue weighted by atomic mass is 16.3. The number of aliphatic hydroxyl groups excluding tert-OH is 1. The summed E-state index contributed by atoms with van der Waals surface area (Å²) >= 11 is 0. The van der Waals surface area contributed by atoms with Gasteiger partial charge in [0.1, 0.15) is 0 Å². The minimum Gasteiger partial charge on any atom is -0.393 e. The lowest BCUT2D eigenvalue weighted by atomic mass is 9.82. The maximum absolute atomic E-state index is 9.25. The van der Waals surface area contributed by atoms with Crippen molar-refractivity contribution in [2.45, 2.75) is 45.4 Å². The maximum Gasteiger partial charge on any atom is 0.0764 e. The summed E-state index contributed by atoms with van der Waals surface area (Å²) in [7, 11) is 2.12. The predicted molar refractivity (Wildman–Crippen MR) is 67.7 cm³/mol. The van der Waals surface area contributed by atoms with Crippen LogP contribution in [0, 0.1) is 5.92 Å². The zero-order valence-corrected chi connectivity index (χ0v) is 11.0. The van der Waals surface area contributed by atoms with Crippen LogP contribution in [0.5, 0.6) is 0 Å². The van der Waals surface area contributed by atoms with Gasteiger partial charge in [-0.2, -0.15) is 5.10 Å². The third-order valence-electron chi connectivity index (χ3n) is 3.41. The smallest absolute Gasteiger partial charge is 0.0764 e. The van der Waals surface area contributed by atoms with Crippen LogP contribution in [0.3, 0.4) is 0 Å². The van der Waals surface area contributed by atoms with Crippen LogP contribution in [0.25, 0.3) is 0 Å². The summed E-state index contributed by atoms with van der Waals surface area (Å²) in [6.45, 7) is 6.23. The molecule has 1 aliphatic carbocycles. The summed E-state index contributed by atoms with van der Waals surface area (Å²) in [6.07, 6.45) is 3.92. The molecule has 1 fully saturated rings. The largest absolute Gasteiger partial charge is 0.393 e. The molecule has 0 amide bonds. The van der Waals surface area contributed by atoms with Gasteiger partial charge in [0.25, 0.3) is 0 Å². The third-order valence-corrected chi connectivity index (χ3v) is 3.41. The standard InChI is InChI=1S/C13H23N3O/c1-10(2)16-5-4-12(14-16)9-15(3)8-11-6-13(17)7-11/h4-5,10-11,13,17H,6-9H2,1-3H3. The van der Waals surface area contributed by atoms with Crippen LogP contribution in [0.15, 0.2) is 12.3 Å². The molecule has 2 rings (SSSR count). The average Bonchev–Trinajstić information content (AvgIpc) is 2.63. The van der Waals surface area contributed by atoms with Crippen LogP contribution in [-0.2, 0) is 6.54 Å². The van der Waals surface area contributed by atoms with Crippen molar-refractivity contribution in [2.75, 3.05) is 13.6 Å². The minimum absolute atomic E-state index is 0.0476. The second-order valence-corrected chi connectivity index (χ2v) is 5.57. The number of hydrogen-bond acceptors (Lipinski definition) is 3. The van der Waals surface area contributed by atoms with Gasteiger partial charge in [-0.25, -0.2) is 0 Å². The Morgan fingerprint density at radius 3 is 2.76 bits per heavy atom. The van der Waals surface area contributed by atoms with Crippen molar-refractivity contribution in [3.63, 3.8) is 0 Å². The van der Waals surface area contributed by atoms with E-state index >= 15 is 0 Å². The molecule has 1 aromatic rings. The summed E-state index contributed by atoms with van der Waals surface area (Å²) in [5.74, 6) is 0.669. The van der Waals surface area contributed by atoms with E-state index < -0.39 is 0 Å². The Morgan fingerprint density at radius 1 is 1.53 bits per heavy atom. The third kappa shape index (κ3) is 3.30. The van der Waals surface area contributed by atoms with Crippen molar-refractivity contribution >= 4 is 0 Å². The van der Waals surface area contributed by atoms with Crippen molar-refractivity contribution in [3.8, 4) is 0 Å². The first-order chi connectivity index (χ1) is 8.04. The minimum atomic E-state index is -0.0476. The molecular weight excluding hydrogens is 214 g/mol. The molecule has 17 heavy (non-hydrogen) atoms. The van der Waals surface area contributed by atoms with Gasteiger partial charge >= 0.3 is 0 Å². The number of nitrogens with zero attached hydrogens (tertiary/aromatic N) is 3. The molecule has 0 aromatic carbocycles. The van der Waals surface area contributed by atoms with Gasteiger partial charge in [0.15, 0.2) is 0 Å². The van der Waals surface area contributed by atoms with Gasteiger partial charge < -0.3 is 10.0 Å². The lowest BCUT2D eigenvalue weighted by Crippen LogP contribution is -2.36. The maximum atomic E-state index is 9.25. The van der Waals surface area contributed by atoms with Gasteiger partial charge in [0, 0.05) is 25.3 Å². The first kappa shape index (κ1) is 12.6.